The van der Waals surface area contributed by atoms with Crippen LogP contribution < -0.4 is 23.1 Å². The van der Waals surface area contributed by atoms with E-state index in [1.807, 2.05) is 78.9 Å². The number of aryl methyl sites for hydroxylation is 13. The normalized spacial score (nSPS) is 11.8. The molecular formula is C128H100N7O5+5. The molecule has 0 saturated heterocycles. The van der Waals surface area contributed by atoms with Gasteiger partial charge in [-0.25, -0.2) is 4.57 Å². The number of pyridine rings is 3. The van der Waals surface area contributed by atoms with Crippen molar-refractivity contribution >= 4 is 196 Å². The number of benzene rings is 18. The summed E-state index contributed by atoms with van der Waals surface area (Å²) < 4.78 is 42.9. The minimum atomic E-state index is 0.918. The van der Waals surface area contributed by atoms with Crippen molar-refractivity contribution in [1.29, 1.82) is 0 Å². The zero-order chi connectivity index (χ0) is 95.1. The summed E-state index contributed by atoms with van der Waals surface area (Å²) in [6.45, 7) is 17.3. The van der Waals surface area contributed by atoms with E-state index >= 15 is 0 Å². The number of fused-ring (bicyclic) bond motifs is 28. The molecule has 12 heteroatoms. The lowest BCUT2D eigenvalue weighted by atomic mass is 9.92. The SMILES string of the molecule is Cc1c(-c2cc(C)c3ccccc3[n+]2C)c2oc3ccccc3c2c2ccccc12.Cc1c(-c2cc3ccccc3c[n+]2C)c2oc3ccccc3c2c2ccccc12.Cc1c(-c2ccc3c(C)cccc3[n+]2C)c2oc3ccccc3c2c2ccccc12.Cc1c(-c2cccn[n+]2C)c2oc3ccccc3c2c2ccccc12.Cc1ccc(-c2c(C)c3ccccc3c3c2oc2ccccc23)[n+](C)n1. The van der Waals surface area contributed by atoms with Gasteiger partial charge in [0.2, 0.25) is 39.5 Å². The Morgan fingerprint density at radius 3 is 0.907 bits per heavy atom. The summed E-state index contributed by atoms with van der Waals surface area (Å²) in [5.41, 5.74) is 33.0. The second-order valence-electron chi connectivity index (χ2n) is 37.2. The van der Waals surface area contributed by atoms with E-state index < -0.39 is 0 Å². The molecular weight excluding hydrogens is 1720 g/mol. The lowest BCUT2D eigenvalue weighted by molar-refractivity contribution is -0.720. The van der Waals surface area contributed by atoms with Crippen molar-refractivity contribution in [2.75, 3.05) is 0 Å². The Kier molecular flexibility index (Phi) is 20.9. The minimum Gasteiger partial charge on any atom is -0.455 e. The van der Waals surface area contributed by atoms with E-state index in [1.165, 1.54) is 197 Å². The summed E-state index contributed by atoms with van der Waals surface area (Å²) in [7, 11) is 10.4. The van der Waals surface area contributed by atoms with Crippen molar-refractivity contribution in [3.05, 3.63) is 415 Å². The highest BCUT2D eigenvalue weighted by atomic mass is 16.3. The van der Waals surface area contributed by atoms with Crippen molar-refractivity contribution < 1.29 is 45.2 Å². The fourth-order valence-corrected chi connectivity index (χ4v) is 22.4. The van der Waals surface area contributed by atoms with Gasteiger partial charge in [-0.2, -0.15) is 9.13 Å². The first-order valence-electron chi connectivity index (χ1n) is 47.9. The minimum absolute atomic E-state index is 0.918. The van der Waals surface area contributed by atoms with Crippen molar-refractivity contribution in [1.82, 2.24) is 10.2 Å². The van der Waals surface area contributed by atoms with Gasteiger partial charge in [-0.15, -0.1) is 0 Å². The Morgan fingerprint density at radius 1 is 0.214 bits per heavy atom. The Hall–Kier alpha value is -17.4. The first-order chi connectivity index (χ1) is 68.4. The fourth-order valence-electron chi connectivity index (χ4n) is 22.4. The fraction of sp³-hybridized carbons (Fsp3) is 0.102. The summed E-state index contributed by atoms with van der Waals surface area (Å²) in [5.74, 6) is 0. The molecule has 0 N–H and O–H groups in total. The van der Waals surface area contributed by atoms with Gasteiger partial charge in [0.1, 0.15) is 82.7 Å². The number of furan rings is 5. The Morgan fingerprint density at radius 2 is 0.514 bits per heavy atom. The number of hydrogen-bond donors (Lipinski definition) is 0. The monoisotopic (exact) mass is 1810 g/mol. The maximum atomic E-state index is 6.52. The lowest BCUT2D eigenvalue weighted by Gasteiger charge is -2.12. The second-order valence-corrected chi connectivity index (χ2v) is 37.2. The van der Waals surface area contributed by atoms with E-state index in [0.29, 0.717) is 0 Å². The smallest absolute Gasteiger partial charge is 0.243 e. The second kappa shape index (κ2) is 34.2. The molecule has 0 bridgehead atoms. The Balaban J connectivity index is 0.0000000951. The molecule has 10 aromatic heterocycles. The predicted molar refractivity (Wildman–Crippen MR) is 575 cm³/mol. The molecule has 0 unspecified atom stereocenters. The molecule has 0 radical (unpaired) electrons. The first-order valence-corrected chi connectivity index (χ1v) is 47.9. The summed E-state index contributed by atoms with van der Waals surface area (Å²) in [5, 5.41) is 38.4. The highest BCUT2D eigenvalue weighted by molar-refractivity contribution is 6.29. The van der Waals surface area contributed by atoms with Crippen LogP contribution in [-0.4, -0.2) is 10.2 Å². The van der Waals surface area contributed by atoms with Crippen LogP contribution in [0.4, 0.5) is 0 Å². The summed E-state index contributed by atoms with van der Waals surface area (Å²) >= 11 is 0. The maximum absolute atomic E-state index is 6.52. The third kappa shape index (κ3) is 13.8. The largest absolute Gasteiger partial charge is 0.455 e. The topological polar surface area (TPSA) is 111 Å². The van der Waals surface area contributed by atoms with Gasteiger partial charge in [0.05, 0.1) is 34.0 Å². The summed E-state index contributed by atoms with van der Waals surface area (Å²) in [6.07, 6.45) is 4.00. The molecule has 0 aliphatic heterocycles. The molecule has 0 amide bonds. The van der Waals surface area contributed by atoms with E-state index in [2.05, 4.69) is 409 Å². The van der Waals surface area contributed by atoms with Crippen LogP contribution in [0.3, 0.4) is 0 Å². The van der Waals surface area contributed by atoms with Crippen LogP contribution >= 0.6 is 0 Å². The van der Waals surface area contributed by atoms with Gasteiger partial charge < -0.3 is 22.1 Å². The first kappa shape index (κ1) is 85.6. The Bertz CT molecular complexity index is 10000. The molecule has 28 rings (SSSR count). The van der Waals surface area contributed by atoms with Gasteiger partial charge in [-0.05, 0) is 224 Å². The molecule has 140 heavy (non-hydrogen) atoms. The number of rotatable bonds is 5. The van der Waals surface area contributed by atoms with E-state index in [0.717, 1.165) is 101 Å². The van der Waals surface area contributed by atoms with Crippen LogP contribution in [0.25, 0.3) is 252 Å². The van der Waals surface area contributed by atoms with E-state index in [1.54, 1.807) is 6.20 Å². The van der Waals surface area contributed by atoms with Gasteiger partial charge in [0.15, 0.2) is 20.3 Å². The van der Waals surface area contributed by atoms with Crippen LogP contribution in [0, 0.1) is 55.4 Å². The van der Waals surface area contributed by atoms with Gasteiger partial charge in [0, 0.05) is 112 Å². The molecule has 0 aliphatic rings. The van der Waals surface area contributed by atoms with E-state index in [4.69, 9.17) is 22.1 Å². The molecule has 0 fully saturated rings. The summed E-state index contributed by atoms with van der Waals surface area (Å²) in [6, 6.07) is 126. The van der Waals surface area contributed by atoms with E-state index in [9.17, 15) is 0 Å². The van der Waals surface area contributed by atoms with Crippen LogP contribution in [0.15, 0.2) is 392 Å². The van der Waals surface area contributed by atoms with Gasteiger partial charge in [-0.1, -0.05) is 264 Å². The maximum Gasteiger partial charge on any atom is 0.243 e. The highest BCUT2D eigenvalue weighted by Gasteiger charge is 2.33. The van der Waals surface area contributed by atoms with Crippen molar-refractivity contribution in [3.8, 4) is 56.3 Å². The zero-order valence-electron chi connectivity index (χ0n) is 80.4. The molecule has 0 aliphatic carbocycles. The van der Waals surface area contributed by atoms with Crippen LogP contribution in [0.1, 0.15) is 44.6 Å². The van der Waals surface area contributed by atoms with Crippen molar-refractivity contribution in [2.24, 2.45) is 35.2 Å². The average molecular weight is 1820 g/mol. The molecule has 672 valence electrons. The van der Waals surface area contributed by atoms with Crippen molar-refractivity contribution in [2.45, 2.75) is 55.4 Å². The zero-order valence-corrected chi connectivity index (χ0v) is 80.4. The van der Waals surface area contributed by atoms with E-state index in [-0.39, 0.29) is 0 Å². The molecule has 18 aromatic carbocycles. The third-order valence-corrected chi connectivity index (χ3v) is 29.2. The van der Waals surface area contributed by atoms with Gasteiger partial charge >= 0.3 is 0 Å². The molecule has 12 nitrogen and oxygen atoms in total. The number of para-hydroxylation sites is 6. The number of nitrogens with zero attached hydrogens (tertiary/aromatic N) is 7. The predicted octanol–water partition coefficient (Wildman–Crippen LogP) is 30.9. The standard InChI is InChI=1S/2C28H22NO.C27H20NO.C23H19N2O.C22H17N2O/c1-17-16-24(29(3)23-14-8-6-10-19(17)23)26-18(2)20-11-4-5-12-21(20)27-22-13-7-9-15-25(22)30-28(26)27;1-17-9-8-13-23-19(17)15-16-24(29(23)3)26-18(2)20-10-4-5-11-21(20)27-22-12-6-7-14-25(22)30-28(26)27;1-17-20-11-5-6-12-21(20)26-22-13-7-8-14-24(22)29-27(26)25(17)23-15-18-9-3-4-10-19(18)16-28(23)2;1-14-12-13-19(25(3)24-14)21-15(2)16-8-4-5-9-17(16)22-18-10-6-7-11-20(18)26-23(21)22;1-14-15-8-3-4-9-16(15)21-17-10-5-6-12-19(17)25-22(21)20(14)18-11-7-13-23-24(18)2/h2*4-16H,1-3H3;3-16H,1-2H3;4-13H,1-3H3;3-13H,1-2H3/q5*+1. The van der Waals surface area contributed by atoms with Crippen molar-refractivity contribution in [3.63, 3.8) is 0 Å². The molecule has 10 heterocycles. The molecule has 0 saturated carbocycles. The van der Waals surface area contributed by atoms with Crippen LogP contribution in [0.2, 0.25) is 0 Å². The van der Waals surface area contributed by atoms with Crippen LogP contribution in [0.5, 0.6) is 0 Å². The Labute approximate surface area is 807 Å². The third-order valence-electron chi connectivity index (χ3n) is 29.2. The quantitative estimate of drug-likeness (QED) is 0.158. The summed E-state index contributed by atoms with van der Waals surface area (Å²) in [4.78, 5) is 0. The highest BCUT2D eigenvalue weighted by Crippen LogP contribution is 2.50. The lowest BCUT2D eigenvalue weighted by Crippen LogP contribution is -2.36. The van der Waals surface area contributed by atoms with Gasteiger partial charge in [0.25, 0.3) is 0 Å². The molecule has 28 aromatic rings. The number of aromatic nitrogens is 7. The molecule has 0 atom stereocenters. The van der Waals surface area contributed by atoms with Crippen LogP contribution in [-0.2, 0) is 35.2 Å². The van der Waals surface area contributed by atoms with Gasteiger partial charge in [-0.3, -0.25) is 0 Å². The number of hydrogen-bond acceptors (Lipinski definition) is 7. The average Bonchev–Trinajstić information content (AvgIpc) is 1.54. The molecule has 0 spiro atoms.